The van der Waals surface area contributed by atoms with E-state index in [-0.39, 0.29) is 12.3 Å². The topological polar surface area (TPSA) is 56.8 Å². The fraction of sp³-hybridized carbons (Fsp3) is 0.350. The van der Waals surface area contributed by atoms with Gasteiger partial charge in [0.25, 0.3) is 0 Å². The fourth-order valence-corrected chi connectivity index (χ4v) is 2.58. The molecule has 1 amide bonds. The number of carbonyl (C=O) groups is 1. The maximum Gasteiger partial charge on any atom is 0.227 e. The van der Waals surface area contributed by atoms with Crippen LogP contribution >= 0.6 is 0 Å². The van der Waals surface area contributed by atoms with Crippen molar-refractivity contribution in [1.82, 2.24) is 0 Å². The van der Waals surface area contributed by atoms with Crippen molar-refractivity contribution in [3.8, 4) is 17.2 Å². The monoisotopic (exact) mass is 341 g/mol. The van der Waals surface area contributed by atoms with Gasteiger partial charge in [-0.2, -0.15) is 0 Å². The number of hydrogen-bond donors (Lipinski definition) is 1. The molecule has 3 rings (SSSR count). The van der Waals surface area contributed by atoms with E-state index in [0.717, 1.165) is 23.3 Å². The highest BCUT2D eigenvalue weighted by Gasteiger charge is 2.12. The summed E-state index contributed by atoms with van der Waals surface area (Å²) in [6.07, 6.45) is 1.13. The van der Waals surface area contributed by atoms with Crippen molar-refractivity contribution in [2.75, 3.05) is 25.1 Å². The van der Waals surface area contributed by atoms with Crippen molar-refractivity contribution in [2.24, 2.45) is 0 Å². The minimum Gasteiger partial charge on any atom is -0.493 e. The number of hydrogen-bond acceptors (Lipinski definition) is 4. The number of nitrogens with one attached hydrogen (secondary N) is 1. The van der Waals surface area contributed by atoms with Gasteiger partial charge in [0, 0.05) is 18.2 Å². The third-order valence-corrected chi connectivity index (χ3v) is 3.96. The summed E-state index contributed by atoms with van der Waals surface area (Å²) in [5.41, 5.74) is 2.90. The number of benzene rings is 2. The molecule has 5 nitrogen and oxygen atoms in total. The van der Waals surface area contributed by atoms with Crippen LogP contribution in [0.4, 0.5) is 5.69 Å². The molecular formula is C20H23NO4. The number of fused-ring (bicyclic) bond motifs is 1. The van der Waals surface area contributed by atoms with Crippen molar-refractivity contribution < 1.29 is 19.0 Å². The van der Waals surface area contributed by atoms with Crippen LogP contribution in [0.25, 0.3) is 0 Å². The number of anilines is 1. The molecule has 132 valence electrons. The zero-order valence-electron chi connectivity index (χ0n) is 14.6. The fourth-order valence-electron chi connectivity index (χ4n) is 2.58. The molecule has 0 radical (unpaired) electrons. The van der Waals surface area contributed by atoms with Gasteiger partial charge in [-0.15, -0.1) is 0 Å². The van der Waals surface area contributed by atoms with Crippen molar-refractivity contribution in [3.05, 3.63) is 47.5 Å². The van der Waals surface area contributed by atoms with Gasteiger partial charge in [0.15, 0.2) is 11.5 Å². The average molecular weight is 341 g/mol. The lowest BCUT2D eigenvalue weighted by Gasteiger charge is -2.12. The van der Waals surface area contributed by atoms with Gasteiger partial charge >= 0.3 is 0 Å². The molecule has 0 aromatic heterocycles. The standard InChI is InChI=1S/C20H23NO4/c1-14-4-5-15(2)18(12-14)25-11-8-20(22)21-16-6-7-17-19(13-16)24-10-3-9-23-17/h4-7,12-13H,3,8-11H2,1-2H3,(H,21,22). The van der Waals surface area contributed by atoms with Crippen LogP contribution in [0.5, 0.6) is 17.2 Å². The quantitative estimate of drug-likeness (QED) is 0.897. The van der Waals surface area contributed by atoms with Gasteiger partial charge in [-0.3, -0.25) is 4.79 Å². The van der Waals surface area contributed by atoms with E-state index in [1.54, 1.807) is 6.07 Å². The Morgan fingerprint density at radius 2 is 1.88 bits per heavy atom. The predicted octanol–water partition coefficient (Wildman–Crippen LogP) is 3.87. The molecule has 0 saturated carbocycles. The molecule has 25 heavy (non-hydrogen) atoms. The Bertz CT molecular complexity index is 757. The highest BCUT2D eigenvalue weighted by molar-refractivity contribution is 5.91. The van der Waals surface area contributed by atoms with E-state index in [2.05, 4.69) is 5.32 Å². The molecular weight excluding hydrogens is 318 g/mol. The zero-order chi connectivity index (χ0) is 17.6. The number of aryl methyl sites for hydroxylation is 2. The van der Waals surface area contributed by atoms with Gasteiger partial charge in [0.05, 0.1) is 26.2 Å². The Morgan fingerprint density at radius 1 is 1.08 bits per heavy atom. The Morgan fingerprint density at radius 3 is 2.72 bits per heavy atom. The minimum absolute atomic E-state index is 0.0974. The molecule has 1 aliphatic rings. The molecule has 0 bridgehead atoms. The van der Waals surface area contributed by atoms with Crippen LogP contribution in [-0.2, 0) is 4.79 Å². The SMILES string of the molecule is Cc1ccc(C)c(OCCC(=O)Nc2ccc3c(c2)OCCCO3)c1. The summed E-state index contributed by atoms with van der Waals surface area (Å²) in [5, 5.41) is 2.87. The van der Waals surface area contributed by atoms with E-state index in [4.69, 9.17) is 14.2 Å². The summed E-state index contributed by atoms with van der Waals surface area (Å²) in [7, 11) is 0. The molecule has 0 unspecified atom stereocenters. The predicted molar refractivity (Wildman–Crippen MR) is 96.7 cm³/mol. The van der Waals surface area contributed by atoms with Crippen molar-refractivity contribution in [1.29, 1.82) is 0 Å². The molecule has 2 aromatic rings. The summed E-state index contributed by atoms with van der Waals surface area (Å²) in [4.78, 5) is 12.1. The summed E-state index contributed by atoms with van der Waals surface area (Å²) in [6.45, 7) is 5.61. The number of carbonyl (C=O) groups excluding carboxylic acids is 1. The molecule has 1 N–H and O–H groups in total. The molecule has 0 saturated heterocycles. The molecule has 0 aliphatic carbocycles. The largest absolute Gasteiger partial charge is 0.493 e. The average Bonchev–Trinajstić information content (AvgIpc) is 2.83. The Hall–Kier alpha value is -2.69. The highest BCUT2D eigenvalue weighted by Crippen LogP contribution is 2.32. The van der Waals surface area contributed by atoms with Crippen LogP contribution in [0.2, 0.25) is 0 Å². The summed E-state index contributed by atoms with van der Waals surface area (Å²) < 4.78 is 16.9. The first-order valence-electron chi connectivity index (χ1n) is 8.51. The smallest absolute Gasteiger partial charge is 0.227 e. The second-order valence-corrected chi connectivity index (χ2v) is 6.13. The Labute approximate surface area is 147 Å². The van der Waals surface area contributed by atoms with Gasteiger partial charge in [-0.25, -0.2) is 0 Å². The summed E-state index contributed by atoms with van der Waals surface area (Å²) >= 11 is 0. The van der Waals surface area contributed by atoms with Crippen molar-refractivity contribution in [2.45, 2.75) is 26.7 Å². The molecule has 1 aliphatic heterocycles. The van der Waals surface area contributed by atoms with Crippen LogP contribution in [0.1, 0.15) is 24.0 Å². The Kier molecular flexibility index (Phi) is 5.43. The van der Waals surface area contributed by atoms with E-state index >= 15 is 0 Å². The number of amides is 1. The number of ether oxygens (including phenoxy) is 3. The van der Waals surface area contributed by atoms with Crippen molar-refractivity contribution in [3.63, 3.8) is 0 Å². The molecule has 1 heterocycles. The lowest BCUT2D eigenvalue weighted by Crippen LogP contribution is -2.15. The molecule has 5 heteroatoms. The first-order chi connectivity index (χ1) is 12.1. The van der Waals surface area contributed by atoms with Crippen LogP contribution in [0, 0.1) is 13.8 Å². The highest BCUT2D eigenvalue weighted by atomic mass is 16.5. The first-order valence-corrected chi connectivity index (χ1v) is 8.51. The number of rotatable bonds is 5. The second kappa shape index (κ2) is 7.92. The maximum atomic E-state index is 12.1. The zero-order valence-corrected chi connectivity index (χ0v) is 14.6. The molecule has 0 atom stereocenters. The van der Waals surface area contributed by atoms with Gasteiger partial charge in [-0.05, 0) is 43.2 Å². The molecule has 2 aromatic carbocycles. The lowest BCUT2D eigenvalue weighted by atomic mass is 10.1. The van der Waals surface area contributed by atoms with Crippen LogP contribution in [0.15, 0.2) is 36.4 Å². The van der Waals surface area contributed by atoms with Gasteiger partial charge in [-0.1, -0.05) is 12.1 Å². The third kappa shape index (κ3) is 4.66. The van der Waals surface area contributed by atoms with E-state index < -0.39 is 0 Å². The van der Waals surface area contributed by atoms with Crippen molar-refractivity contribution >= 4 is 11.6 Å². The van der Waals surface area contributed by atoms with E-state index in [1.807, 2.05) is 44.2 Å². The maximum absolute atomic E-state index is 12.1. The van der Waals surface area contributed by atoms with Gasteiger partial charge < -0.3 is 19.5 Å². The third-order valence-electron chi connectivity index (χ3n) is 3.96. The molecule has 0 fully saturated rings. The van der Waals surface area contributed by atoms with E-state index in [1.165, 1.54) is 0 Å². The first kappa shape index (κ1) is 17.1. The summed E-state index contributed by atoms with van der Waals surface area (Å²) in [5.74, 6) is 2.11. The second-order valence-electron chi connectivity index (χ2n) is 6.13. The van der Waals surface area contributed by atoms with Gasteiger partial charge in [0.2, 0.25) is 5.91 Å². The van der Waals surface area contributed by atoms with Crippen LogP contribution in [-0.4, -0.2) is 25.7 Å². The lowest BCUT2D eigenvalue weighted by molar-refractivity contribution is -0.116. The minimum atomic E-state index is -0.0974. The summed E-state index contributed by atoms with van der Waals surface area (Å²) in [6, 6.07) is 11.5. The van der Waals surface area contributed by atoms with Gasteiger partial charge in [0.1, 0.15) is 5.75 Å². The van der Waals surface area contributed by atoms with E-state index in [9.17, 15) is 4.79 Å². The van der Waals surface area contributed by atoms with Crippen LogP contribution < -0.4 is 19.5 Å². The Balaban J connectivity index is 1.52. The van der Waals surface area contributed by atoms with E-state index in [0.29, 0.717) is 37.0 Å². The normalized spacial score (nSPS) is 13.0. The molecule has 0 spiro atoms. The van der Waals surface area contributed by atoms with Crippen LogP contribution in [0.3, 0.4) is 0 Å².